The molecular formula is C16H18N2O3. The highest BCUT2D eigenvalue weighted by Crippen LogP contribution is 2.31. The highest BCUT2D eigenvalue weighted by atomic mass is 16.5. The fraction of sp³-hybridized carbons (Fsp3) is 0.188. The van der Waals surface area contributed by atoms with Crippen molar-refractivity contribution < 1.29 is 14.3 Å². The van der Waals surface area contributed by atoms with Crippen LogP contribution in [0.3, 0.4) is 0 Å². The van der Waals surface area contributed by atoms with Gasteiger partial charge < -0.3 is 20.5 Å². The van der Waals surface area contributed by atoms with Crippen LogP contribution >= 0.6 is 0 Å². The number of benzene rings is 2. The van der Waals surface area contributed by atoms with Crippen LogP contribution in [0.2, 0.25) is 0 Å². The number of nitrogens with one attached hydrogen (secondary N) is 1. The second-order valence-corrected chi connectivity index (χ2v) is 4.57. The summed E-state index contributed by atoms with van der Waals surface area (Å²) in [6.07, 6.45) is 0. The minimum atomic E-state index is -0.278. The molecule has 0 saturated carbocycles. The molecule has 0 bridgehead atoms. The predicted molar refractivity (Wildman–Crippen MR) is 83.1 cm³/mol. The first kappa shape index (κ1) is 14.7. The third-order valence-electron chi connectivity index (χ3n) is 3.16. The van der Waals surface area contributed by atoms with Gasteiger partial charge in [-0.1, -0.05) is 12.1 Å². The van der Waals surface area contributed by atoms with Crippen LogP contribution in [0.25, 0.3) is 0 Å². The van der Waals surface area contributed by atoms with E-state index in [9.17, 15) is 4.79 Å². The largest absolute Gasteiger partial charge is 0.493 e. The number of hydrogen-bond acceptors (Lipinski definition) is 4. The van der Waals surface area contributed by atoms with E-state index in [0.29, 0.717) is 28.4 Å². The first-order valence-electron chi connectivity index (χ1n) is 6.45. The number of nitrogens with two attached hydrogens (primary N) is 1. The lowest BCUT2D eigenvalue weighted by Gasteiger charge is -2.13. The highest BCUT2D eigenvalue weighted by Gasteiger charge is 2.17. The van der Waals surface area contributed by atoms with Gasteiger partial charge >= 0.3 is 0 Å². The van der Waals surface area contributed by atoms with E-state index in [1.165, 1.54) is 14.2 Å². The number of aryl methyl sites for hydroxylation is 1. The second-order valence-electron chi connectivity index (χ2n) is 4.57. The number of hydrogen-bond donors (Lipinski definition) is 2. The van der Waals surface area contributed by atoms with Gasteiger partial charge in [0.05, 0.1) is 19.8 Å². The summed E-state index contributed by atoms with van der Waals surface area (Å²) in [7, 11) is 3.03. The minimum Gasteiger partial charge on any atom is -0.493 e. The Morgan fingerprint density at radius 2 is 1.90 bits per heavy atom. The number of ether oxygens (including phenoxy) is 2. The van der Waals surface area contributed by atoms with Crippen LogP contribution in [0.15, 0.2) is 36.4 Å². The van der Waals surface area contributed by atoms with Gasteiger partial charge in [0.15, 0.2) is 11.5 Å². The molecule has 110 valence electrons. The summed E-state index contributed by atoms with van der Waals surface area (Å²) < 4.78 is 10.5. The zero-order valence-electron chi connectivity index (χ0n) is 12.3. The van der Waals surface area contributed by atoms with Crippen molar-refractivity contribution in [3.8, 4) is 11.5 Å². The number of amides is 1. The minimum absolute atomic E-state index is 0.278. The van der Waals surface area contributed by atoms with E-state index in [-0.39, 0.29) is 5.91 Å². The van der Waals surface area contributed by atoms with Gasteiger partial charge in [-0.2, -0.15) is 0 Å². The number of rotatable bonds is 4. The summed E-state index contributed by atoms with van der Waals surface area (Å²) in [6.45, 7) is 1.90. The summed E-state index contributed by atoms with van der Waals surface area (Å²) in [6, 6.07) is 10.5. The summed E-state index contributed by atoms with van der Waals surface area (Å²) >= 11 is 0. The monoisotopic (exact) mass is 286 g/mol. The van der Waals surface area contributed by atoms with E-state index in [2.05, 4.69) is 5.32 Å². The number of anilines is 2. The standard InChI is InChI=1S/C16H18N2O3/c1-10-7-8-11(17)9-13(10)18-16(19)12-5-4-6-14(20-2)15(12)21-3/h4-9H,17H2,1-3H3,(H,18,19). The average Bonchev–Trinajstić information content (AvgIpc) is 2.49. The van der Waals surface area contributed by atoms with Gasteiger partial charge in [0.2, 0.25) is 0 Å². The quantitative estimate of drug-likeness (QED) is 0.848. The molecular weight excluding hydrogens is 268 g/mol. The Morgan fingerprint density at radius 3 is 2.57 bits per heavy atom. The Morgan fingerprint density at radius 1 is 1.14 bits per heavy atom. The zero-order chi connectivity index (χ0) is 15.4. The van der Waals surface area contributed by atoms with Crippen molar-refractivity contribution in [2.45, 2.75) is 6.92 Å². The van der Waals surface area contributed by atoms with Crippen molar-refractivity contribution in [2.24, 2.45) is 0 Å². The molecule has 0 radical (unpaired) electrons. The molecule has 0 spiro atoms. The second kappa shape index (κ2) is 6.17. The highest BCUT2D eigenvalue weighted by molar-refractivity contribution is 6.07. The number of methoxy groups -OCH3 is 2. The Labute approximate surface area is 123 Å². The lowest BCUT2D eigenvalue weighted by molar-refractivity contribution is 0.102. The van der Waals surface area contributed by atoms with Crippen molar-refractivity contribution in [3.05, 3.63) is 47.5 Å². The van der Waals surface area contributed by atoms with E-state index in [1.807, 2.05) is 13.0 Å². The molecule has 1 amide bonds. The summed E-state index contributed by atoms with van der Waals surface area (Å²) in [5.41, 5.74) is 8.34. The molecule has 21 heavy (non-hydrogen) atoms. The molecule has 0 fully saturated rings. The van der Waals surface area contributed by atoms with Gasteiger partial charge in [-0.3, -0.25) is 4.79 Å². The van der Waals surface area contributed by atoms with Gasteiger partial charge in [0.25, 0.3) is 5.91 Å². The normalized spacial score (nSPS) is 10.0. The van der Waals surface area contributed by atoms with E-state index >= 15 is 0 Å². The van der Waals surface area contributed by atoms with E-state index in [0.717, 1.165) is 5.56 Å². The van der Waals surface area contributed by atoms with Gasteiger partial charge in [0.1, 0.15) is 0 Å². The number of nitrogen functional groups attached to an aromatic ring is 1. The van der Waals surface area contributed by atoms with Crippen LogP contribution in [0.4, 0.5) is 11.4 Å². The summed E-state index contributed by atoms with van der Waals surface area (Å²) in [5, 5.41) is 2.84. The van der Waals surface area contributed by atoms with Crippen LogP contribution < -0.4 is 20.5 Å². The van der Waals surface area contributed by atoms with Crippen LogP contribution in [-0.2, 0) is 0 Å². The van der Waals surface area contributed by atoms with Crippen molar-refractivity contribution in [2.75, 3.05) is 25.3 Å². The molecule has 5 heteroatoms. The molecule has 0 saturated heterocycles. The van der Waals surface area contributed by atoms with Crippen molar-refractivity contribution in [1.29, 1.82) is 0 Å². The van der Waals surface area contributed by atoms with E-state index in [4.69, 9.17) is 15.2 Å². The van der Waals surface area contributed by atoms with Crippen LogP contribution in [0.5, 0.6) is 11.5 Å². The molecule has 0 aromatic heterocycles. The molecule has 2 aromatic rings. The molecule has 0 atom stereocenters. The van der Waals surface area contributed by atoms with Crippen LogP contribution in [-0.4, -0.2) is 20.1 Å². The molecule has 0 heterocycles. The fourth-order valence-electron chi connectivity index (χ4n) is 2.03. The maximum atomic E-state index is 12.4. The van der Waals surface area contributed by atoms with Gasteiger partial charge in [0, 0.05) is 11.4 Å². The topological polar surface area (TPSA) is 73.6 Å². The smallest absolute Gasteiger partial charge is 0.259 e. The first-order valence-corrected chi connectivity index (χ1v) is 6.45. The molecule has 0 aliphatic heterocycles. The third kappa shape index (κ3) is 3.08. The Hall–Kier alpha value is -2.69. The van der Waals surface area contributed by atoms with Crippen LogP contribution in [0, 0.1) is 6.92 Å². The lowest BCUT2D eigenvalue weighted by Crippen LogP contribution is -2.14. The Kier molecular flexibility index (Phi) is 4.33. The molecule has 2 aromatic carbocycles. The average molecular weight is 286 g/mol. The maximum Gasteiger partial charge on any atom is 0.259 e. The van der Waals surface area contributed by atoms with Crippen LogP contribution in [0.1, 0.15) is 15.9 Å². The summed E-state index contributed by atoms with van der Waals surface area (Å²) in [4.78, 5) is 12.4. The van der Waals surface area contributed by atoms with Gasteiger partial charge in [-0.25, -0.2) is 0 Å². The van der Waals surface area contributed by atoms with Gasteiger partial charge in [-0.05, 0) is 36.8 Å². The van der Waals surface area contributed by atoms with Gasteiger partial charge in [-0.15, -0.1) is 0 Å². The fourth-order valence-corrected chi connectivity index (χ4v) is 2.03. The molecule has 3 N–H and O–H groups in total. The molecule has 2 rings (SSSR count). The Balaban J connectivity index is 2.35. The number of carbonyl (C=O) groups excluding carboxylic acids is 1. The third-order valence-corrected chi connectivity index (χ3v) is 3.16. The van der Waals surface area contributed by atoms with Crippen molar-refractivity contribution in [3.63, 3.8) is 0 Å². The van der Waals surface area contributed by atoms with Crippen molar-refractivity contribution in [1.82, 2.24) is 0 Å². The predicted octanol–water partition coefficient (Wildman–Crippen LogP) is 2.85. The Bertz CT molecular complexity index is 669. The first-order chi connectivity index (χ1) is 10.1. The lowest BCUT2D eigenvalue weighted by atomic mass is 10.1. The molecule has 0 aliphatic carbocycles. The van der Waals surface area contributed by atoms with E-state index in [1.54, 1.807) is 30.3 Å². The zero-order valence-corrected chi connectivity index (χ0v) is 12.3. The molecule has 0 unspecified atom stereocenters. The molecule has 0 aliphatic rings. The number of para-hydroxylation sites is 1. The SMILES string of the molecule is COc1cccc(C(=O)Nc2cc(N)ccc2C)c1OC. The number of carbonyl (C=O) groups is 1. The maximum absolute atomic E-state index is 12.4. The van der Waals surface area contributed by atoms with Crippen molar-refractivity contribution >= 4 is 17.3 Å². The molecule has 5 nitrogen and oxygen atoms in total. The van der Waals surface area contributed by atoms with E-state index < -0.39 is 0 Å². The summed E-state index contributed by atoms with van der Waals surface area (Å²) in [5.74, 6) is 0.632.